The molecule has 1 atom stereocenters. The van der Waals surface area contributed by atoms with Crippen LogP contribution in [0.5, 0.6) is 0 Å². The Morgan fingerprint density at radius 3 is 2.56 bits per heavy atom. The van der Waals surface area contributed by atoms with E-state index in [1.54, 1.807) is 71.0 Å². The minimum atomic E-state index is -3.61. The second-order valence-electron chi connectivity index (χ2n) is 9.75. The van der Waals surface area contributed by atoms with E-state index in [1.807, 2.05) is 28.4 Å². The maximum atomic E-state index is 13.0. The van der Waals surface area contributed by atoms with Gasteiger partial charge in [-0.2, -0.15) is 11.3 Å². The molecule has 5 rings (SSSR count). The molecule has 1 aliphatic heterocycles. The van der Waals surface area contributed by atoms with Crippen molar-refractivity contribution in [3.63, 3.8) is 0 Å². The van der Waals surface area contributed by atoms with Gasteiger partial charge >= 0.3 is 0 Å². The molecular formula is C28H30ClN3O4S3. The van der Waals surface area contributed by atoms with Gasteiger partial charge in [-0.15, -0.1) is 11.3 Å². The molecule has 0 saturated carbocycles. The Kier molecular flexibility index (Phi) is 8.30. The zero-order chi connectivity index (χ0) is 27.7. The highest BCUT2D eigenvalue weighted by Crippen LogP contribution is 2.37. The molecular weight excluding hydrogens is 574 g/mol. The largest absolute Gasteiger partial charge is 0.382 e. The van der Waals surface area contributed by atoms with E-state index in [4.69, 9.17) is 11.6 Å². The number of rotatable bonds is 7. The average molecular weight is 604 g/mol. The number of thiophene rings is 1. The predicted octanol–water partition coefficient (Wildman–Crippen LogP) is 5.14. The SMILES string of the molecule is C/N=c1\sc(C2CCN(C(=O)CCS(=O)(=O)c3ccc4cc(Cl)ccc4c3)CC2)c(C(O)c2ccsc2)n1C. The molecule has 2 aromatic heterocycles. The van der Waals surface area contributed by atoms with Crippen LogP contribution < -0.4 is 4.80 Å². The highest BCUT2D eigenvalue weighted by Gasteiger charge is 2.31. The highest BCUT2D eigenvalue weighted by atomic mass is 35.5. The van der Waals surface area contributed by atoms with Crippen molar-refractivity contribution in [2.75, 3.05) is 25.9 Å². The first-order chi connectivity index (χ1) is 18.7. The summed E-state index contributed by atoms with van der Waals surface area (Å²) in [6.45, 7) is 1.10. The first-order valence-corrected chi connectivity index (χ1v) is 16.5. The van der Waals surface area contributed by atoms with Crippen LogP contribution in [0, 0.1) is 0 Å². The molecule has 1 aliphatic rings. The van der Waals surface area contributed by atoms with E-state index in [0.717, 1.165) is 44.6 Å². The normalized spacial score (nSPS) is 16.2. The molecule has 11 heteroatoms. The van der Waals surface area contributed by atoms with Gasteiger partial charge in [-0.3, -0.25) is 9.79 Å². The van der Waals surface area contributed by atoms with Gasteiger partial charge in [0.1, 0.15) is 6.10 Å². The fourth-order valence-electron chi connectivity index (χ4n) is 5.16. The summed E-state index contributed by atoms with van der Waals surface area (Å²) in [5.74, 6) is -0.188. The minimum Gasteiger partial charge on any atom is -0.382 e. The first-order valence-electron chi connectivity index (χ1n) is 12.7. The van der Waals surface area contributed by atoms with Crippen LogP contribution in [0.4, 0.5) is 0 Å². The number of hydrogen-bond acceptors (Lipinski definition) is 7. The summed E-state index contributed by atoms with van der Waals surface area (Å²) in [6, 6.07) is 12.2. The van der Waals surface area contributed by atoms with Crippen LogP contribution in [0.15, 0.2) is 63.1 Å². The molecule has 1 amide bonds. The predicted molar refractivity (Wildman–Crippen MR) is 157 cm³/mol. The number of benzene rings is 2. The molecule has 3 heterocycles. The van der Waals surface area contributed by atoms with Crippen LogP contribution in [0.25, 0.3) is 10.8 Å². The van der Waals surface area contributed by atoms with E-state index in [9.17, 15) is 18.3 Å². The number of aliphatic hydroxyl groups is 1. The summed E-state index contributed by atoms with van der Waals surface area (Å²) in [6.07, 6.45) is 0.706. The highest BCUT2D eigenvalue weighted by molar-refractivity contribution is 7.91. The number of fused-ring (bicyclic) bond motifs is 1. The number of piperidine rings is 1. The summed E-state index contributed by atoms with van der Waals surface area (Å²) in [4.78, 5) is 21.3. The van der Waals surface area contributed by atoms with Crippen molar-refractivity contribution in [3.8, 4) is 0 Å². The lowest BCUT2D eigenvalue weighted by atomic mass is 9.92. The van der Waals surface area contributed by atoms with Crippen molar-refractivity contribution in [1.82, 2.24) is 9.47 Å². The van der Waals surface area contributed by atoms with Crippen molar-refractivity contribution in [2.24, 2.45) is 12.0 Å². The third-order valence-corrected chi connectivity index (χ3v) is 11.4. The summed E-state index contributed by atoms with van der Waals surface area (Å²) in [5, 5.41) is 17.3. The molecule has 39 heavy (non-hydrogen) atoms. The van der Waals surface area contributed by atoms with Crippen LogP contribution in [0.1, 0.15) is 47.4 Å². The number of aliphatic hydroxyl groups excluding tert-OH is 1. The second kappa shape index (κ2) is 11.5. The Morgan fingerprint density at radius 2 is 1.87 bits per heavy atom. The standard InChI is InChI=1S/C28H30ClN3O4S3/c1-30-28-31(2)25(26(34)21-9-13-37-17-21)27(38-28)18-7-11-32(12-8-18)24(33)10-14-39(35,36)23-6-4-19-15-22(29)5-3-20(19)16-23/h3-6,9,13,15-18,26,34H,7-8,10-12,14H2,1-2H3/b30-28-. The second-order valence-corrected chi connectivity index (χ2v) is 14.1. The maximum Gasteiger partial charge on any atom is 0.223 e. The third-order valence-electron chi connectivity index (χ3n) is 7.35. The fourth-order valence-corrected chi connectivity index (χ4v) is 8.56. The number of thiazole rings is 1. The van der Waals surface area contributed by atoms with E-state index in [2.05, 4.69) is 4.99 Å². The van der Waals surface area contributed by atoms with Gasteiger partial charge in [0.25, 0.3) is 0 Å². The fraction of sp³-hybridized carbons (Fsp3) is 0.357. The lowest BCUT2D eigenvalue weighted by Crippen LogP contribution is -2.38. The van der Waals surface area contributed by atoms with E-state index in [1.165, 1.54) is 0 Å². The van der Waals surface area contributed by atoms with Crippen molar-refractivity contribution in [3.05, 3.63) is 79.2 Å². The molecule has 2 aromatic carbocycles. The summed E-state index contributed by atoms with van der Waals surface area (Å²) in [5.41, 5.74) is 1.72. The van der Waals surface area contributed by atoms with Crippen LogP contribution in [0.2, 0.25) is 5.02 Å². The van der Waals surface area contributed by atoms with Gasteiger partial charge in [0.05, 0.1) is 16.3 Å². The smallest absolute Gasteiger partial charge is 0.223 e. The van der Waals surface area contributed by atoms with Gasteiger partial charge in [0.15, 0.2) is 14.6 Å². The van der Waals surface area contributed by atoms with Crippen molar-refractivity contribution in [1.29, 1.82) is 0 Å². The van der Waals surface area contributed by atoms with Crippen molar-refractivity contribution in [2.45, 2.75) is 36.2 Å². The molecule has 4 aromatic rings. The van der Waals surface area contributed by atoms with Crippen molar-refractivity contribution < 1.29 is 18.3 Å². The van der Waals surface area contributed by atoms with Crippen LogP contribution in [-0.4, -0.2) is 54.8 Å². The van der Waals surface area contributed by atoms with Gasteiger partial charge in [0, 0.05) is 43.5 Å². The third kappa shape index (κ3) is 5.85. The topological polar surface area (TPSA) is 92.0 Å². The zero-order valence-electron chi connectivity index (χ0n) is 21.7. The number of hydrogen-bond donors (Lipinski definition) is 1. The van der Waals surface area contributed by atoms with Gasteiger partial charge in [-0.05, 0) is 76.2 Å². The molecule has 0 radical (unpaired) electrons. The summed E-state index contributed by atoms with van der Waals surface area (Å²) in [7, 11) is 0.0669. The molecule has 1 saturated heterocycles. The number of amides is 1. The lowest BCUT2D eigenvalue weighted by Gasteiger charge is -2.32. The van der Waals surface area contributed by atoms with Gasteiger partial charge < -0.3 is 14.6 Å². The molecule has 0 bridgehead atoms. The van der Waals surface area contributed by atoms with E-state index in [0.29, 0.717) is 18.1 Å². The Hall–Kier alpha value is -2.50. The Labute approximate surface area is 240 Å². The lowest BCUT2D eigenvalue weighted by molar-refractivity contribution is -0.131. The quantitative estimate of drug-likeness (QED) is 0.317. The van der Waals surface area contributed by atoms with Gasteiger partial charge in [-0.1, -0.05) is 23.7 Å². The number of sulfone groups is 1. The molecule has 0 aliphatic carbocycles. The van der Waals surface area contributed by atoms with Crippen LogP contribution in [-0.2, 0) is 21.7 Å². The Bertz CT molecular complexity index is 1670. The number of nitrogens with zero attached hydrogens (tertiary/aromatic N) is 3. The maximum absolute atomic E-state index is 13.0. The monoisotopic (exact) mass is 603 g/mol. The number of carbonyl (C=O) groups is 1. The first kappa shape index (κ1) is 28.0. The van der Waals surface area contributed by atoms with E-state index < -0.39 is 15.9 Å². The van der Waals surface area contributed by atoms with Crippen molar-refractivity contribution >= 4 is 60.8 Å². The minimum absolute atomic E-state index is 0.0550. The number of likely N-dealkylation sites (tertiary alicyclic amines) is 1. The molecule has 7 nitrogen and oxygen atoms in total. The summed E-state index contributed by atoms with van der Waals surface area (Å²) < 4.78 is 28.0. The molecule has 206 valence electrons. The zero-order valence-corrected chi connectivity index (χ0v) is 24.9. The molecule has 1 N–H and O–H groups in total. The van der Waals surface area contributed by atoms with Crippen LogP contribution >= 0.6 is 34.3 Å². The molecule has 0 spiro atoms. The Morgan fingerprint density at radius 1 is 1.15 bits per heavy atom. The van der Waals surface area contributed by atoms with Crippen LogP contribution in [0.3, 0.4) is 0 Å². The van der Waals surface area contributed by atoms with Gasteiger partial charge in [-0.25, -0.2) is 8.42 Å². The molecule has 1 unspecified atom stereocenters. The number of aromatic nitrogens is 1. The van der Waals surface area contributed by atoms with Gasteiger partial charge in [0.2, 0.25) is 5.91 Å². The number of halogens is 1. The van der Waals surface area contributed by atoms with E-state index >= 15 is 0 Å². The average Bonchev–Trinajstić information content (AvgIpc) is 3.59. The summed E-state index contributed by atoms with van der Waals surface area (Å²) >= 11 is 9.17. The molecule has 1 fully saturated rings. The van der Waals surface area contributed by atoms with E-state index in [-0.39, 0.29) is 28.9 Å². The Balaban J connectivity index is 1.24. The number of carbonyl (C=O) groups excluding carboxylic acids is 1.